The van der Waals surface area contributed by atoms with E-state index in [0.29, 0.717) is 62.8 Å². The number of carboxylic acids is 1. The fraction of sp³-hybridized carbons (Fsp3) is 0.379. The molecule has 0 atom stereocenters. The molecule has 1 aromatic carbocycles. The predicted molar refractivity (Wildman–Crippen MR) is 165 cm³/mol. The van der Waals surface area contributed by atoms with Crippen molar-refractivity contribution in [2.24, 2.45) is 0 Å². The van der Waals surface area contributed by atoms with E-state index in [-0.39, 0.29) is 18.1 Å². The largest absolute Gasteiger partial charge is 0.492 e. The number of aromatic nitrogens is 2. The van der Waals surface area contributed by atoms with Gasteiger partial charge in [-0.05, 0) is 63.7 Å². The summed E-state index contributed by atoms with van der Waals surface area (Å²) in [4.78, 5) is 36.7. The molecule has 1 aliphatic carbocycles. The molecule has 0 aliphatic heterocycles. The van der Waals surface area contributed by atoms with E-state index in [1.54, 1.807) is 30.3 Å². The number of carboxylic acid groups (broad SMARTS) is 1. The van der Waals surface area contributed by atoms with Crippen LogP contribution in [0.25, 0.3) is 22.5 Å². The van der Waals surface area contributed by atoms with Crippen LogP contribution in [-0.4, -0.2) is 64.6 Å². The highest BCUT2D eigenvalue weighted by Gasteiger charge is 2.41. The number of hydrogen-bond donors (Lipinski definition) is 2. The van der Waals surface area contributed by atoms with Crippen LogP contribution in [0.1, 0.15) is 49.0 Å². The quantitative estimate of drug-likeness (QED) is 0.229. The average molecular weight is 642 g/mol. The van der Waals surface area contributed by atoms with E-state index in [0.717, 1.165) is 32.2 Å². The Kier molecular flexibility index (Phi) is 11.6. The van der Waals surface area contributed by atoms with Crippen LogP contribution < -0.4 is 10.1 Å². The molecule has 0 bridgehead atoms. The van der Waals surface area contributed by atoms with Gasteiger partial charge in [-0.15, -0.1) is 12.4 Å². The van der Waals surface area contributed by atoms with Crippen molar-refractivity contribution < 1.29 is 19.4 Å². The van der Waals surface area contributed by atoms with E-state index < -0.39 is 17.4 Å². The summed E-state index contributed by atoms with van der Waals surface area (Å²) in [5, 5.41) is 13.8. The van der Waals surface area contributed by atoms with Gasteiger partial charge in [0.05, 0.1) is 33.1 Å². The van der Waals surface area contributed by atoms with E-state index in [1.807, 2.05) is 14.1 Å². The molecule has 0 radical (unpaired) electrons. The molecule has 0 unspecified atom stereocenters. The van der Waals surface area contributed by atoms with Crippen LogP contribution in [0.15, 0.2) is 42.6 Å². The molecule has 1 fully saturated rings. The van der Waals surface area contributed by atoms with Gasteiger partial charge in [0.2, 0.25) is 0 Å². The predicted octanol–water partition coefficient (Wildman–Crippen LogP) is 7.04. The number of carbonyl (C=O) groups is 2. The molecule has 2 heterocycles. The first-order valence-corrected chi connectivity index (χ1v) is 14.2. The molecule has 2 aromatic heterocycles. The normalized spacial score (nSPS) is 14.3. The van der Waals surface area contributed by atoms with Crippen molar-refractivity contribution in [1.29, 1.82) is 0 Å². The first-order valence-electron chi connectivity index (χ1n) is 13.1. The number of aliphatic carboxylic acids is 1. The van der Waals surface area contributed by atoms with Gasteiger partial charge in [0.15, 0.2) is 0 Å². The Morgan fingerprint density at radius 1 is 1.02 bits per heavy atom. The first kappa shape index (κ1) is 32.9. The van der Waals surface area contributed by atoms with Gasteiger partial charge in [-0.1, -0.05) is 60.1 Å². The fourth-order valence-corrected chi connectivity index (χ4v) is 5.42. The van der Waals surface area contributed by atoms with Crippen molar-refractivity contribution in [3.05, 3.63) is 63.4 Å². The Labute approximate surface area is 260 Å². The van der Waals surface area contributed by atoms with Crippen molar-refractivity contribution in [2.45, 2.75) is 44.1 Å². The molecule has 3 aromatic rings. The molecule has 1 amide bonds. The number of nitrogens with one attached hydrogen (secondary N) is 1. The number of nitrogens with zero attached hydrogens (tertiary/aromatic N) is 3. The summed E-state index contributed by atoms with van der Waals surface area (Å²) in [6.07, 6.45) is 5.42. The molecular formula is C29H32Cl4N4O4. The zero-order valence-corrected chi connectivity index (χ0v) is 25.8. The van der Waals surface area contributed by atoms with Crippen LogP contribution in [0.5, 0.6) is 5.75 Å². The lowest BCUT2D eigenvalue weighted by Gasteiger charge is -2.33. The van der Waals surface area contributed by atoms with Crippen LogP contribution in [0.2, 0.25) is 15.1 Å². The first-order chi connectivity index (χ1) is 19.1. The van der Waals surface area contributed by atoms with Crippen LogP contribution >= 0.6 is 47.2 Å². The van der Waals surface area contributed by atoms with Crippen molar-refractivity contribution in [3.8, 4) is 28.3 Å². The number of benzene rings is 1. The van der Waals surface area contributed by atoms with E-state index in [9.17, 15) is 14.7 Å². The minimum Gasteiger partial charge on any atom is -0.492 e. The van der Waals surface area contributed by atoms with Crippen LogP contribution in [0.3, 0.4) is 0 Å². The number of amides is 1. The third-order valence-corrected chi connectivity index (χ3v) is 7.68. The summed E-state index contributed by atoms with van der Waals surface area (Å²) in [5.41, 5.74) is 0.772. The molecule has 12 heteroatoms. The molecular weight excluding hydrogens is 610 g/mol. The summed E-state index contributed by atoms with van der Waals surface area (Å²) in [7, 11) is 3.98. The Balaban J connectivity index is 0.00000462. The van der Waals surface area contributed by atoms with Gasteiger partial charge in [0, 0.05) is 23.9 Å². The Morgan fingerprint density at radius 2 is 1.76 bits per heavy atom. The standard InChI is InChI=1S/C29H31Cl3N4O4.ClH/c1-36(2)13-6-14-40-24-15-18(7-9-21(24)31)25-20(26-22(32)16-19(30)17-33-26)8-10-23(34-25)27(37)35-29(28(38)39)11-4-3-5-12-29;/h7-10,15-17H,3-6,11-14H2,1-2H3,(H,35,37)(H,38,39);1H. The van der Waals surface area contributed by atoms with Crippen molar-refractivity contribution in [3.63, 3.8) is 0 Å². The number of halogens is 4. The monoisotopic (exact) mass is 640 g/mol. The molecule has 2 N–H and O–H groups in total. The number of rotatable bonds is 10. The molecule has 0 saturated heterocycles. The lowest BCUT2D eigenvalue weighted by atomic mass is 9.81. The van der Waals surface area contributed by atoms with Crippen molar-refractivity contribution >= 4 is 59.1 Å². The van der Waals surface area contributed by atoms with E-state index in [2.05, 4.69) is 20.2 Å². The summed E-state index contributed by atoms with van der Waals surface area (Å²) in [6.45, 7) is 1.32. The third-order valence-electron chi connectivity index (χ3n) is 6.87. The third kappa shape index (κ3) is 8.02. The Bertz CT molecular complexity index is 1400. The minimum atomic E-state index is -1.31. The maximum atomic E-state index is 13.4. The van der Waals surface area contributed by atoms with Crippen molar-refractivity contribution in [2.75, 3.05) is 27.2 Å². The summed E-state index contributed by atoms with van der Waals surface area (Å²) >= 11 is 19.0. The second kappa shape index (κ2) is 14.5. The maximum absolute atomic E-state index is 13.4. The second-order valence-electron chi connectivity index (χ2n) is 10.1. The van der Waals surface area contributed by atoms with Gasteiger partial charge in [0.1, 0.15) is 17.0 Å². The van der Waals surface area contributed by atoms with Crippen molar-refractivity contribution in [1.82, 2.24) is 20.2 Å². The number of hydrogen-bond acceptors (Lipinski definition) is 6. The average Bonchev–Trinajstić information content (AvgIpc) is 2.92. The van der Waals surface area contributed by atoms with Crippen LogP contribution in [-0.2, 0) is 4.79 Å². The zero-order chi connectivity index (χ0) is 28.9. The topological polar surface area (TPSA) is 105 Å². The highest BCUT2D eigenvalue weighted by Crippen LogP contribution is 2.38. The smallest absolute Gasteiger partial charge is 0.329 e. The molecule has 41 heavy (non-hydrogen) atoms. The molecule has 1 saturated carbocycles. The summed E-state index contributed by atoms with van der Waals surface area (Å²) in [5.74, 6) is -1.13. The highest BCUT2D eigenvalue weighted by molar-refractivity contribution is 6.36. The van der Waals surface area contributed by atoms with Gasteiger partial charge in [0.25, 0.3) is 5.91 Å². The lowest BCUT2D eigenvalue weighted by Crippen LogP contribution is -2.55. The van der Waals surface area contributed by atoms with E-state index >= 15 is 0 Å². The zero-order valence-electron chi connectivity index (χ0n) is 22.8. The molecule has 1 aliphatic rings. The van der Waals surface area contributed by atoms with Gasteiger partial charge in [-0.3, -0.25) is 9.78 Å². The van der Waals surface area contributed by atoms with Gasteiger partial charge >= 0.3 is 5.97 Å². The summed E-state index contributed by atoms with van der Waals surface area (Å²) < 4.78 is 5.96. The number of pyridine rings is 2. The molecule has 8 nitrogen and oxygen atoms in total. The highest BCUT2D eigenvalue weighted by atomic mass is 35.5. The van der Waals surface area contributed by atoms with Crippen LogP contribution in [0, 0.1) is 0 Å². The summed E-state index contributed by atoms with van der Waals surface area (Å²) in [6, 6.07) is 10.0. The van der Waals surface area contributed by atoms with E-state index in [4.69, 9.17) is 39.5 Å². The SMILES string of the molecule is CN(C)CCCOc1cc(-c2nc(C(=O)NC3(C(=O)O)CCCCC3)ccc2-c2ncc(Cl)cc2Cl)ccc1Cl.Cl. The Hall–Kier alpha value is -2.62. The van der Waals surface area contributed by atoms with E-state index in [1.165, 1.54) is 12.3 Å². The van der Waals surface area contributed by atoms with Gasteiger partial charge in [-0.2, -0.15) is 0 Å². The number of carbonyl (C=O) groups excluding carboxylic acids is 1. The molecule has 220 valence electrons. The second-order valence-corrected chi connectivity index (χ2v) is 11.4. The molecule has 0 spiro atoms. The van der Waals surface area contributed by atoms with Crippen LogP contribution in [0.4, 0.5) is 0 Å². The van der Waals surface area contributed by atoms with Gasteiger partial charge in [-0.25, -0.2) is 9.78 Å². The number of ether oxygens (including phenoxy) is 1. The maximum Gasteiger partial charge on any atom is 0.329 e. The Morgan fingerprint density at radius 3 is 2.41 bits per heavy atom. The van der Waals surface area contributed by atoms with Gasteiger partial charge < -0.3 is 20.1 Å². The lowest BCUT2D eigenvalue weighted by molar-refractivity contribution is -0.145. The molecule has 4 rings (SSSR count). The minimum absolute atomic E-state index is 0. The fourth-order valence-electron chi connectivity index (χ4n) is 4.76.